The molecular formula is C22H20ClFN2O2. The van der Waals surface area contributed by atoms with Gasteiger partial charge in [-0.15, -0.1) is 0 Å². The minimum Gasteiger partial charge on any atom is -0.447 e. The third-order valence-corrected chi connectivity index (χ3v) is 5.47. The molecule has 2 aliphatic heterocycles. The van der Waals surface area contributed by atoms with Gasteiger partial charge in [-0.3, -0.25) is 9.80 Å². The number of carbonyl (C=O) groups is 1. The fourth-order valence-corrected chi connectivity index (χ4v) is 4.02. The van der Waals surface area contributed by atoms with Gasteiger partial charge in [-0.2, -0.15) is 0 Å². The Morgan fingerprint density at radius 2 is 2.21 bits per heavy atom. The molecule has 3 aliphatic rings. The van der Waals surface area contributed by atoms with Gasteiger partial charge in [0.05, 0.1) is 6.54 Å². The first-order valence-electron chi connectivity index (χ1n) is 9.26. The van der Waals surface area contributed by atoms with Gasteiger partial charge in [-0.1, -0.05) is 35.2 Å². The predicted molar refractivity (Wildman–Crippen MR) is 106 cm³/mol. The maximum absolute atomic E-state index is 14.6. The molecule has 0 saturated carbocycles. The van der Waals surface area contributed by atoms with Gasteiger partial charge in [-0.25, -0.2) is 9.18 Å². The number of carbonyl (C=O) groups excluding carboxylic acids is 1. The SMILES string of the molecule is O=C1OCCN1C=CC1CN(CC2=CC=C=C=C2)C[C@H]1c1ccc(Cl)cc1F. The van der Waals surface area contributed by atoms with Gasteiger partial charge < -0.3 is 4.74 Å². The Hall–Kier alpha value is -2.55. The number of amides is 1. The van der Waals surface area contributed by atoms with Gasteiger partial charge in [0, 0.05) is 36.8 Å². The van der Waals surface area contributed by atoms with Crippen LogP contribution in [0.25, 0.3) is 0 Å². The van der Waals surface area contributed by atoms with E-state index in [-0.39, 0.29) is 23.7 Å². The highest BCUT2D eigenvalue weighted by molar-refractivity contribution is 6.30. The van der Waals surface area contributed by atoms with Crippen molar-refractivity contribution in [2.75, 3.05) is 32.8 Å². The second kappa shape index (κ2) is 8.22. The fourth-order valence-electron chi connectivity index (χ4n) is 3.86. The summed E-state index contributed by atoms with van der Waals surface area (Å²) in [6.45, 7) is 3.19. The highest BCUT2D eigenvalue weighted by atomic mass is 35.5. The number of cyclic esters (lactones) is 1. The molecule has 144 valence electrons. The van der Waals surface area contributed by atoms with Gasteiger partial charge in [-0.05, 0) is 47.4 Å². The van der Waals surface area contributed by atoms with Crippen molar-refractivity contribution in [1.29, 1.82) is 0 Å². The second-order valence-electron chi connectivity index (χ2n) is 7.12. The number of benzene rings is 1. The Kier molecular flexibility index (Phi) is 5.52. The van der Waals surface area contributed by atoms with Gasteiger partial charge in [0.2, 0.25) is 0 Å². The summed E-state index contributed by atoms with van der Waals surface area (Å²) in [6, 6.07) is 4.85. The summed E-state index contributed by atoms with van der Waals surface area (Å²) in [6.07, 6.45) is 9.21. The van der Waals surface area contributed by atoms with Gasteiger partial charge in [0.25, 0.3) is 0 Å². The van der Waals surface area contributed by atoms with Gasteiger partial charge in [0.1, 0.15) is 12.4 Å². The molecule has 2 heterocycles. The largest absolute Gasteiger partial charge is 0.447 e. The first-order valence-corrected chi connectivity index (χ1v) is 9.63. The average Bonchev–Trinajstić information content (AvgIpc) is 3.27. The number of ether oxygens (including phenoxy) is 1. The van der Waals surface area contributed by atoms with Crippen LogP contribution in [0.5, 0.6) is 0 Å². The summed E-state index contributed by atoms with van der Waals surface area (Å²) in [5, 5.41) is 0.388. The number of allylic oxidation sites excluding steroid dienone is 2. The van der Waals surface area contributed by atoms with E-state index in [1.165, 1.54) is 6.07 Å². The van der Waals surface area contributed by atoms with Gasteiger partial charge in [0.15, 0.2) is 0 Å². The summed E-state index contributed by atoms with van der Waals surface area (Å²) in [4.78, 5) is 15.5. The van der Waals surface area contributed by atoms with E-state index in [1.54, 1.807) is 23.2 Å². The first-order chi connectivity index (χ1) is 13.6. The fraction of sp³-hybridized carbons (Fsp3) is 0.318. The van der Waals surface area contributed by atoms with Crippen LogP contribution in [0.15, 0.2) is 65.7 Å². The molecule has 4 nitrogen and oxygen atoms in total. The molecule has 0 radical (unpaired) electrons. The monoisotopic (exact) mass is 398 g/mol. The summed E-state index contributed by atoms with van der Waals surface area (Å²) in [7, 11) is 0. The molecule has 0 N–H and O–H groups in total. The lowest BCUT2D eigenvalue weighted by atomic mass is 9.88. The molecule has 1 unspecified atom stereocenters. The molecule has 2 atom stereocenters. The minimum absolute atomic E-state index is 0.0219. The van der Waals surface area contributed by atoms with Crippen LogP contribution in [0.1, 0.15) is 11.5 Å². The van der Waals surface area contributed by atoms with E-state index in [0.29, 0.717) is 23.7 Å². The lowest BCUT2D eigenvalue weighted by Gasteiger charge is -2.18. The normalized spacial score (nSPS) is 24.4. The van der Waals surface area contributed by atoms with Crippen LogP contribution in [0.3, 0.4) is 0 Å². The Morgan fingerprint density at radius 3 is 2.93 bits per heavy atom. The lowest BCUT2D eigenvalue weighted by molar-refractivity contribution is 0.166. The Labute approximate surface area is 168 Å². The van der Waals surface area contributed by atoms with Crippen molar-refractivity contribution in [2.24, 2.45) is 5.92 Å². The number of hydrogen-bond donors (Lipinski definition) is 0. The molecule has 1 amide bonds. The van der Waals surface area contributed by atoms with E-state index >= 15 is 0 Å². The third-order valence-electron chi connectivity index (χ3n) is 5.24. The highest BCUT2D eigenvalue weighted by Gasteiger charge is 2.34. The van der Waals surface area contributed by atoms with Crippen molar-refractivity contribution in [3.8, 4) is 0 Å². The Balaban J connectivity index is 1.55. The Morgan fingerprint density at radius 1 is 1.32 bits per heavy atom. The van der Waals surface area contributed by atoms with Crippen LogP contribution in [-0.2, 0) is 4.74 Å². The molecule has 6 heteroatoms. The maximum Gasteiger partial charge on any atom is 0.413 e. The number of nitrogens with zero attached hydrogens (tertiary/aromatic N) is 2. The average molecular weight is 399 g/mol. The third kappa shape index (κ3) is 4.14. The summed E-state index contributed by atoms with van der Waals surface area (Å²) < 4.78 is 19.6. The zero-order chi connectivity index (χ0) is 19.5. The topological polar surface area (TPSA) is 32.8 Å². The molecular weight excluding hydrogens is 379 g/mol. The van der Waals surface area contributed by atoms with Crippen molar-refractivity contribution in [3.05, 3.63) is 82.1 Å². The molecule has 1 aromatic rings. The summed E-state index contributed by atoms with van der Waals surface area (Å²) in [5.41, 5.74) is 7.67. The highest BCUT2D eigenvalue weighted by Crippen LogP contribution is 2.36. The second-order valence-corrected chi connectivity index (χ2v) is 7.56. The number of hydrogen-bond acceptors (Lipinski definition) is 3. The molecule has 0 aromatic heterocycles. The molecule has 1 aromatic carbocycles. The van der Waals surface area contributed by atoms with Gasteiger partial charge >= 0.3 is 6.09 Å². The summed E-state index contributed by atoms with van der Waals surface area (Å²) in [5.74, 6) is -0.240. The standard InChI is InChI=1S/C22H20ClFN2O2/c23-18-6-7-19(21(24)12-18)20-15-25(13-16-4-2-1-3-5-16)14-17(20)8-9-26-10-11-28-22(26)27/h2,4-9,12,17,20H,10-11,13-15H2/t17?,20-/m1/s1. The Bertz CT molecular complexity index is 942. The van der Waals surface area contributed by atoms with Crippen LogP contribution < -0.4 is 0 Å². The number of likely N-dealkylation sites (tertiary alicyclic amines) is 1. The smallest absolute Gasteiger partial charge is 0.413 e. The first kappa shape index (κ1) is 18.8. The zero-order valence-corrected chi connectivity index (χ0v) is 16.0. The van der Waals surface area contributed by atoms with E-state index in [9.17, 15) is 9.18 Å². The van der Waals surface area contributed by atoms with Crippen molar-refractivity contribution in [3.63, 3.8) is 0 Å². The molecule has 2 fully saturated rings. The molecule has 2 saturated heterocycles. The van der Waals surface area contributed by atoms with Crippen molar-refractivity contribution in [1.82, 2.24) is 9.80 Å². The van der Waals surface area contributed by atoms with Crippen molar-refractivity contribution >= 4 is 17.7 Å². The van der Waals surface area contributed by atoms with Crippen LogP contribution >= 0.6 is 11.6 Å². The van der Waals surface area contributed by atoms with E-state index in [1.807, 2.05) is 24.3 Å². The molecule has 0 bridgehead atoms. The molecule has 4 rings (SSSR count). The number of rotatable bonds is 5. The van der Waals surface area contributed by atoms with E-state index < -0.39 is 0 Å². The van der Waals surface area contributed by atoms with E-state index in [2.05, 4.69) is 16.4 Å². The van der Waals surface area contributed by atoms with E-state index in [0.717, 1.165) is 25.2 Å². The minimum atomic E-state index is -0.337. The predicted octanol–water partition coefficient (Wildman–Crippen LogP) is 4.27. The zero-order valence-electron chi connectivity index (χ0n) is 15.3. The van der Waals surface area contributed by atoms with Crippen molar-refractivity contribution in [2.45, 2.75) is 5.92 Å². The lowest BCUT2D eigenvalue weighted by Crippen LogP contribution is -2.23. The molecule has 1 aliphatic carbocycles. The van der Waals surface area contributed by atoms with Crippen molar-refractivity contribution < 1.29 is 13.9 Å². The summed E-state index contributed by atoms with van der Waals surface area (Å²) >= 11 is 5.93. The molecule has 0 spiro atoms. The van der Waals surface area contributed by atoms with Crippen LogP contribution in [0.2, 0.25) is 5.02 Å². The van der Waals surface area contributed by atoms with E-state index in [4.69, 9.17) is 16.3 Å². The van der Waals surface area contributed by atoms with Crippen LogP contribution in [0, 0.1) is 11.7 Å². The quantitative estimate of drug-likeness (QED) is 0.694. The maximum atomic E-state index is 14.6. The van der Waals surface area contributed by atoms with Crippen LogP contribution in [-0.4, -0.2) is 48.7 Å². The van der Waals surface area contributed by atoms with Crippen LogP contribution in [0.4, 0.5) is 9.18 Å². The number of halogens is 2. The molecule has 28 heavy (non-hydrogen) atoms.